The smallest absolute Gasteiger partial charge is 0.254 e. The van der Waals surface area contributed by atoms with Gasteiger partial charge in [-0.2, -0.15) is 0 Å². The van der Waals surface area contributed by atoms with Crippen LogP contribution in [-0.4, -0.2) is 25.0 Å². The molecule has 0 spiro atoms. The molecule has 120 valence electrons. The number of para-hydroxylation sites is 1. The lowest BCUT2D eigenvalue weighted by atomic mass is 10.1. The van der Waals surface area contributed by atoms with Crippen molar-refractivity contribution in [1.29, 1.82) is 0 Å². The average Bonchev–Trinajstić information content (AvgIpc) is 2.85. The summed E-state index contributed by atoms with van der Waals surface area (Å²) in [4.78, 5) is 14.4. The first-order chi connectivity index (χ1) is 11.1. The van der Waals surface area contributed by atoms with E-state index in [0.717, 1.165) is 6.42 Å². The summed E-state index contributed by atoms with van der Waals surface area (Å²) in [5, 5.41) is 3.11. The highest BCUT2D eigenvalue weighted by molar-refractivity contribution is 6.31. The SMILES string of the molecule is C[C@@H]1Cc2ccccc2N1CCNC(=O)c1cc(Cl)ccc1F. The molecule has 2 aromatic rings. The topological polar surface area (TPSA) is 32.3 Å². The van der Waals surface area contributed by atoms with Crippen LogP contribution in [0, 0.1) is 5.82 Å². The number of hydrogen-bond acceptors (Lipinski definition) is 2. The van der Waals surface area contributed by atoms with Crippen LogP contribution in [-0.2, 0) is 6.42 Å². The summed E-state index contributed by atoms with van der Waals surface area (Å²) in [6, 6.07) is 12.7. The molecule has 23 heavy (non-hydrogen) atoms. The fourth-order valence-corrected chi connectivity index (χ4v) is 3.20. The summed E-state index contributed by atoms with van der Waals surface area (Å²) in [7, 11) is 0. The number of amides is 1. The molecule has 1 aliphatic rings. The maximum Gasteiger partial charge on any atom is 0.254 e. The molecule has 1 atom stereocenters. The minimum absolute atomic E-state index is 0.0210. The lowest BCUT2D eigenvalue weighted by Crippen LogP contribution is -2.38. The van der Waals surface area contributed by atoms with E-state index in [9.17, 15) is 9.18 Å². The van der Waals surface area contributed by atoms with Gasteiger partial charge < -0.3 is 10.2 Å². The molecular weight excluding hydrogens is 315 g/mol. The highest BCUT2D eigenvalue weighted by atomic mass is 35.5. The quantitative estimate of drug-likeness (QED) is 0.926. The van der Waals surface area contributed by atoms with Gasteiger partial charge in [-0.3, -0.25) is 4.79 Å². The number of halogens is 2. The highest BCUT2D eigenvalue weighted by Crippen LogP contribution is 2.31. The molecule has 0 saturated carbocycles. The molecule has 0 unspecified atom stereocenters. The lowest BCUT2D eigenvalue weighted by molar-refractivity contribution is 0.0950. The van der Waals surface area contributed by atoms with E-state index in [-0.39, 0.29) is 5.56 Å². The number of carbonyl (C=O) groups excluding carboxylic acids is 1. The second kappa shape index (κ2) is 6.59. The molecule has 1 N–H and O–H groups in total. The first-order valence-electron chi connectivity index (χ1n) is 7.64. The second-order valence-corrected chi connectivity index (χ2v) is 6.19. The highest BCUT2D eigenvalue weighted by Gasteiger charge is 2.25. The first-order valence-corrected chi connectivity index (χ1v) is 8.02. The van der Waals surface area contributed by atoms with Crippen molar-refractivity contribution in [3.8, 4) is 0 Å². The second-order valence-electron chi connectivity index (χ2n) is 5.76. The zero-order valence-electron chi connectivity index (χ0n) is 12.9. The number of nitrogens with zero attached hydrogens (tertiary/aromatic N) is 1. The Kier molecular flexibility index (Phi) is 4.53. The minimum Gasteiger partial charge on any atom is -0.367 e. The Morgan fingerprint density at radius 2 is 2.13 bits per heavy atom. The lowest BCUT2D eigenvalue weighted by Gasteiger charge is -2.25. The van der Waals surface area contributed by atoms with Gasteiger partial charge in [0, 0.05) is 29.8 Å². The maximum atomic E-state index is 13.7. The molecule has 1 amide bonds. The fraction of sp³-hybridized carbons (Fsp3) is 0.278. The van der Waals surface area contributed by atoms with Gasteiger partial charge in [-0.1, -0.05) is 29.8 Å². The molecule has 2 aromatic carbocycles. The van der Waals surface area contributed by atoms with Crippen molar-refractivity contribution < 1.29 is 9.18 Å². The molecule has 3 nitrogen and oxygen atoms in total. The molecule has 0 bridgehead atoms. The van der Waals surface area contributed by atoms with Crippen LogP contribution in [0.5, 0.6) is 0 Å². The number of hydrogen-bond donors (Lipinski definition) is 1. The van der Waals surface area contributed by atoms with Crippen LogP contribution in [0.15, 0.2) is 42.5 Å². The van der Waals surface area contributed by atoms with Crippen molar-refractivity contribution in [3.05, 3.63) is 64.4 Å². The molecule has 5 heteroatoms. The fourth-order valence-electron chi connectivity index (χ4n) is 3.03. The van der Waals surface area contributed by atoms with Gasteiger partial charge in [-0.05, 0) is 43.2 Å². The predicted octanol–water partition coefficient (Wildman–Crippen LogP) is 3.66. The van der Waals surface area contributed by atoms with E-state index in [2.05, 4.69) is 29.3 Å². The third-order valence-corrected chi connectivity index (χ3v) is 4.39. The zero-order valence-corrected chi connectivity index (χ0v) is 13.6. The van der Waals surface area contributed by atoms with Gasteiger partial charge >= 0.3 is 0 Å². The van der Waals surface area contributed by atoms with Crippen LogP contribution in [0.25, 0.3) is 0 Å². The largest absolute Gasteiger partial charge is 0.367 e. The predicted molar refractivity (Wildman–Crippen MR) is 90.7 cm³/mol. The average molecular weight is 333 g/mol. The number of rotatable bonds is 4. The van der Waals surface area contributed by atoms with Crippen LogP contribution < -0.4 is 10.2 Å². The molecule has 1 aliphatic heterocycles. The van der Waals surface area contributed by atoms with Crippen LogP contribution in [0.2, 0.25) is 5.02 Å². The Balaban J connectivity index is 1.61. The third-order valence-electron chi connectivity index (χ3n) is 4.16. The van der Waals surface area contributed by atoms with Gasteiger partial charge in [0.15, 0.2) is 0 Å². The molecule has 0 fully saturated rings. The Hall–Kier alpha value is -2.07. The van der Waals surface area contributed by atoms with Crippen LogP contribution in [0.1, 0.15) is 22.8 Å². The summed E-state index contributed by atoms with van der Waals surface area (Å²) in [6.07, 6.45) is 1.01. The maximum absolute atomic E-state index is 13.7. The third kappa shape index (κ3) is 3.32. The van der Waals surface area contributed by atoms with E-state index < -0.39 is 11.7 Å². The first kappa shape index (κ1) is 15.8. The minimum atomic E-state index is -0.563. The number of anilines is 1. The number of fused-ring (bicyclic) bond motifs is 1. The normalized spacial score (nSPS) is 16.3. The van der Waals surface area contributed by atoms with E-state index in [1.54, 1.807) is 0 Å². The van der Waals surface area contributed by atoms with E-state index in [1.807, 2.05) is 12.1 Å². The van der Waals surface area contributed by atoms with Crippen molar-refractivity contribution in [1.82, 2.24) is 5.32 Å². The summed E-state index contributed by atoms with van der Waals surface area (Å²) in [6.45, 7) is 3.30. The molecule has 3 rings (SSSR count). The number of nitrogens with one attached hydrogen (secondary N) is 1. The van der Waals surface area contributed by atoms with Gasteiger partial charge in [0.1, 0.15) is 5.82 Å². The Bertz CT molecular complexity index is 735. The van der Waals surface area contributed by atoms with E-state index in [4.69, 9.17) is 11.6 Å². The molecule has 0 saturated heterocycles. The van der Waals surface area contributed by atoms with Crippen molar-refractivity contribution in [2.45, 2.75) is 19.4 Å². The van der Waals surface area contributed by atoms with Crippen LogP contribution in [0.3, 0.4) is 0 Å². The molecule has 0 aliphatic carbocycles. The van der Waals surface area contributed by atoms with Crippen molar-refractivity contribution >= 4 is 23.2 Å². The summed E-state index contributed by atoms with van der Waals surface area (Å²) >= 11 is 5.82. The number of benzene rings is 2. The van der Waals surface area contributed by atoms with Gasteiger partial charge in [0.25, 0.3) is 5.91 Å². The van der Waals surface area contributed by atoms with Crippen molar-refractivity contribution in [2.24, 2.45) is 0 Å². The molecule has 0 aromatic heterocycles. The Labute approximate surface area is 140 Å². The summed E-state index contributed by atoms with van der Waals surface area (Å²) in [5.74, 6) is -1.00. The van der Waals surface area contributed by atoms with Gasteiger partial charge in [0.05, 0.1) is 5.56 Å². The van der Waals surface area contributed by atoms with E-state index in [1.165, 1.54) is 29.4 Å². The van der Waals surface area contributed by atoms with Crippen LogP contribution in [0.4, 0.5) is 10.1 Å². The van der Waals surface area contributed by atoms with Gasteiger partial charge in [-0.15, -0.1) is 0 Å². The molecular formula is C18H18ClFN2O. The summed E-state index contributed by atoms with van der Waals surface area (Å²) < 4.78 is 13.7. The van der Waals surface area contributed by atoms with Crippen molar-refractivity contribution in [3.63, 3.8) is 0 Å². The zero-order chi connectivity index (χ0) is 16.4. The molecule has 0 radical (unpaired) electrons. The van der Waals surface area contributed by atoms with E-state index >= 15 is 0 Å². The van der Waals surface area contributed by atoms with Crippen LogP contribution >= 0.6 is 11.6 Å². The molecule has 1 heterocycles. The summed E-state index contributed by atoms with van der Waals surface area (Å²) in [5.41, 5.74) is 2.52. The van der Waals surface area contributed by atoms with E-state index in [0.29, 0.717) is 24.2 Å². The van der Waals surface area contributed by atoms with Crippen molar-refractivity contribution in [2.75, 3.05) is 18.0 Å². The standard InChI is InChI=1S/C18H18ClFN2O/c1-12-10-13-4-2-3-5-17(13)22(12)9-8-21-18(23)15-11-14(19)6-7-16(15)20/h2-7,11-12H,8-10H2,1H3,(H,21,23)/t12-/m1/s1. The Morgan fingerprint density at radius 1 is 1.35 bits per heavy atom. The number of carbonyl (C=O) groups is 1. The Morgan fingerprint density at radius 3 is 2.96 bits per heavy atom. The van der Waals surface area contributed by atoms with Gasteiger partial charge in [-0.25, -0.2) is 4.39 Å². The van der Waals surface area contributed by atoms with Gasteiger partial charge in [0.2, 0.25) is 0 Å². The monoisotopic (exact) mass is 332 g/mol.